The molecular weight excluding hydrogens is 723 g/mol. The van der Waals surface area contributed by atoms with Crippen molar-refractivity contribution in [2.24, 2.45) is 14.1 Å². The zero-order valence-corrected chi connectivity index (χ0v) is 34.9. The number of hydrogen-bond acceptors (Lipinski definition) is 0. The number of benzene rings is 4. The first-order chi connectivity index (χ1) is 21.7. The number of halogens is 2. The molecule has 0 saturated heterocycles. The van der Waals surface area contributed by atoms with Crippen molar-refractivity contribution in [3.05, 3.63) is 108 Å². The third kappa shape index (κ3) is 7.02. The minimum absolute atomic E-state index is 0. The van der Waals surface area contributed by atoms with Gasteiger partial charge in [-0.3, -0.25) is 0 Å². The van der Waals surface area contributed by atoms with E-state index in [2.05, 4.69) is 175 Å². The number of fused-ring (bicyclic) bond motifs is 10. The summed E-state index contributed by atoms with van der Waals surface area (Å²) in [6.45, 7) is 18.3. The molecule has 6 heteroatoms. The molecule has 0 radical (unpaired) electrons. The van der Waals surface area contributed by atoms with Crippen LogP contribution in [-0.4, -0.2) is 14.6 Å². The number of hydrogen-bond donors (Lipinski definition) is 0. The number of nitrogens with zero attached hydrogens (tertiary/aromatic N) is 2. The fourth-order valence-electron chi connectivity index (χ4n) is 6.76. The summed E-state index contributed by atoms with van der Waals surface area (Å²) >= 11 is 1.74. The molecular formula is C42H46Cl2N2SiZr-2. The van der Waals surface area contributed by atoms with Crippen molar-refractivity contribution in [3.63, 3.8) is 0 Å². The van der Waals surface area contributed by atoms with Gasteiger partial charge in [0.1, 0.15) is 0 Å². The van der Waals surface area contributed by atoms with Gasteiger partial charge in [-0.15, -0.1) is 70.1 Å². The average molecular weight is 769 g/mol. The van der Waals surface area contributed by atoms with E-state index in [0.717, 1.165) is 0 Å². The van der Waals surface area contributed by atoms with E-state index in [1.54, 1.807) is 23.3 Å². The summed E-state index contributed by atoms with van der Waals surface area (Å²) in [5, 5.41) is 10.9. The molecule has 0 aliphatic carbocycles. The maximum atomic E-state index is 2.38. The monoisotopic (exact) mass is 766 g/mol. The van der Waals surface area contributed by atoms with E-state index in [0.29, 0.717) is 0 Å². The van der Waals surface area contributed by atoms with Crippen molar-refractivity contribution in [2.45, 2.75) is 65.5 Å². The van der Waals surface area contributed by atoms with E-state index in [1.807, 2.05) is 0 Å². The van der Waals surface area contributed by atoms with Crippen molar-refractivity contribution < 1.29 is 48.1 Å². The van der Waals surface area contributed by atoms with Crippen LogP contribution in [0.1, 0.15) is 52.7 Å². The van der Waals surface area contributed by atoms with Crippen molar-refractivity contribution >= 4 is 70.6 Å². The Morgan fingerprint density at radius 3 is 1.21 bits per heavy atom. The summed E-state index contributed by atoms with van der Waals surface area (Å²) < 4.78 is 4.63. The van der Waals surface area contributed by atoms with Crippen LogP contribution in [0.15, 0.2) is 97.1 Å². The van der Waals surface area contributed by atoms with Gasteiger partial charge in [0, 0.05) is 25.1 Å². The third-order valence-corrected chi connectivity index (χ3v) is 9.27. The Labute approximate surface area is 313 Å². The second-order valence-electron chi connectivity index (χ2n) is 15.1. The summed E-state index contributed by atoms with van der Waals surface area (Å²) in [4.78, 5) is 0. The fourth-order valence-corrected chi connectivity index (χ4v) is 6.76. The van der Waals surface area contributed by atoms with Crippen LogP contribution in [0.25, 0.3) is 65.2 Å². The first kappa shape index (κ1) is 38.2. The Balaban J connectivity index is 0.000000188. The third-order valence-electron chi connectivity index (χ3n) is 9.27. The average Bonchev–Trinajstić information content (AvgIpc) is 3.71. The van der Waals surface area contributed by atoms with Crippen LogP contribution in [0.4, 0.5) is 0 Å². The molecule has 0 unspecified atom stereocenters. The van der Waals surface area contributed by atoms with Gasteiger partial charge in [-0.25, -0.2) is 0 Å². The van der Waals surface area contributed by atoms with Crippen LogP contribution in [0.3, 0.4) is 0 Å². The molecule has 0 atom stereocenters. The molecule has 0 fully saturated rings. The molecule has 6 aromatic carbocycles. The van der Waals surface area contributed by atoms with Crippen molar-refractivity contribution in [2.75, 3.05) is 0 Å². The molecule has 0 amide bonds. The van der Waals surface area contributed by atoms with E-state index in [9.17, 15) is 0 Å². The predicted molar refractivity (Wildman–Crippen MR) is 202 cm³/mol. The smallest absolute Gasteiger partial charge is 0.0373 e. The maximum Gasteiger partial charge on any atom is 0.0373 e. The van der Waals surface area contributed by atoms with Gasteiger partial charge in [-0.05, 0) is 55.9 Å². The van der Waals surface area contributed by atoms with Gasteiger partial charge in [0.15, 0.2) is 0 Å². The van der Waals surface area contributed by atoms with Gasteiger partial charge in [0.25, 0.3) is 0 Å². The second kappa shape index (κ2) is 14.3. The van der Waals surface area contributed by atoms with E-state index >= 15 is 0 Å². The van der Waals surface area contributed by atoms with Gasteiger partial charge in [0.2, 0.25) is 0 Å². The maximum absolute atomic E-state index is 2.38. The van der Waals surface area contributed by atoms with Crippen molar-refractivity contribution in [1.29, 1.82) is 0 Å². The number of aryl methyl sites for hydroxylation is 2. The Kier molecular flexibility index (Phi) is 11.4. The summed E-state index contributed by atoms with van der Waals surface area (Å²) in [6, 6.07) is 35.8. The number of aromatic nitrogens is 2. The minimum atomic E-state index is 0. The van der Waals surface area contributed by atoms with Gasteiger partial charge >= 0.3 is 41.9 Å². The fraction of sp³-hybridized carbons (Fsp3) is 0.286. The molecule has 2 aromatic heterocycles. The van der Waals surface area contributed by atoms with Gasteiger partial charge < -0.3 is 33.9 Å². The van der Waals surface area contributed by atoms with E-state index in [4.69, 9.17) is 0 Å². The first-order valence-electron chi connectivity index (χ1n) is 16.3. The van der Waals surface area contributed by atoms with Crippen LogP contribution >= 0.6 is 0 Å². The normalized spacial score (nSPS) is 11.8. The zero-order chi connectivity index (χ0) is 33.1. The SMILES string of the molecule is C[Si](C)=[Zr+2].Cn1c2ccc(C(C)(C)C)cc2c2c3ccccc3[cH-]c21.Cn1c2ccc(C(C)(C)C)cc2c2c3ccccc3[cH-]c21.[Cl-].[Cl-]. The van der Waals surface area contributed by atoms with E-state index in [1.165, 1.54) is 76.3 Å². The zero-order valence-electron chi connectivity index (χ0n) is 29.9. The molecule has 0 aliphatic heterocycles. The van der Waals surface area contributed by atoms with Crippen LogP contribution in [0.2, 0.25) is 13.1 Å². The van der Waals surface area contributed by atoms with E-state index in [-0.39, 0.29) is 41.1 Å². The number of rotatable bonds is 0. The Hall–Kier alpha value is -2.62. The molecule has 8 aromatic rings. The van der Waals surface area contributed by atoms with Crippen LogP contribution in [0.5, 0.6) is 0 Å². The Morgan fingerprint density at radius 1 is 0.542 bits per heavy atom. The van der Waals surface area contributed by atoms with Crippen LogP contribution in [-0.2, 0) is 48.3 Å². The van der Waals surface area contributed by atoms with Gasteiger partial charge in [-0.2, -0.15) is 0 Å². The second-order valence-corrected chi connectivity index (χ2v) is 24.4. The Bertz CT molecular complexity index is 2240. The summed E-state index contributed by atoms with van der Waals surface area (Å²) in [7, 11) is 4.33. The molecule has 0 spiro atoms. The quantitative estimate of drug-likeness (QED) is 0.137. The standard InChI is InChI=1S/2C20H20N.C2H6Si.2ClH.Zr/c2*1-20(2,3)14-9-10-17-16(12-14)19-15-8-6-5-7-13(15)11-18(19)21(17)4;1-3-2;;;/h2*5-12H,1-4H3;1-2H3;2*1H;/q2*-1;;;;+2/p-2. The molecule has 0 aliphatic rings. The molecule has 2 nitrogen and oxygen atoms in total. The van der Waals surface area contributed by atoms with E-state index < -0.39 is 0 Å². The Morgan fingerprint density at radius 2 is 0.875 bits per heavy atom. The first-order valence-corrected chi connectivity index (χ1v) is 22.5. The molecule has 0 saturated carbocycles. The summed E-state index contributed by atoms with van der Waals surface area (Å²) in [5.41, 5.74) is 8.66. The van der Waals surface area contributed by atoms with Crippen molar-refractivity contribution in [3.8, 4) is 0 Å². The molecule has 2 heterocycles. The largest absolute Gasteiger partial charge is 1.00 e. The van der Waals surface area contributed by atoms with Crippen LogP contribution in [0, 0.1) is 0 Å². The minimum Gasteiger partial charge on any atom is -1.00 e. The molecule has 48 heavy (non-hydrogen) atoms. The molecule has 0 N–H and O–H groups in total. The van der Waals surface area contributed by atoms with Gasteiger partial charge in [-0.1, -0.05) is 88.7 Å². The molecule has 8 rings (SSSR count). The predicted octanol–water partition coefficient (Wildman–Crippen LogP) is 5.79. The summed E-state index contributed by atoms with van der Waals surface area (Å²) in [5.74, 6) is 0. The van der Waals surface area contributed by atoms with Crippen molar-refractivity contribution in [1.82, 2.24) is 9.13 Å². The van der Waals surface area contributed by atoms with Crippen LogP contribution < -0.4 is 24.8 Å². The van der Waals surface area contributed by atoms with Gasteiger partial charge in [0.05, 0.1) is 0 Å². The topological polar surface area (TPSA) is 9.86 Å². The molecule has 0 bridgehead atoms. The molecule has 248 valence electrons. The summed E-state index contributed by atoms with van der Waals surface area (Å²) in [6.07, 6.45) is 0.